The maximum atomic E-state index is 11.2. The average Bonchev–Trinajstić information content (AvgIpc) is 2.54. The van der Waals surface area contributed by atoms with Gasteiger partial charge in [0.05, 0.1) is 6.10 Å². The van der Waals surface area contributed by atoms with Gasteiger partial charge >= 0.3 is 0 Å². The second-order valence-corrected chi connectivity index (χ2v) is 6.66. The molecule has 0 aliphatic carbocycles. The van der Waals surface area contributed by atoms with E-state index in [-0.39, 0.29) is 24.1 Å². The standard InChI is InChI=1S/C21H28N2O2/c1-14(2)25-21-11-7-9-19(13-21)16(4)22-15(3)18-8-6-10-20(12-18)23-17(5)24/h6-16,22H,1-5H3,(H,23,24). The van der Waals surface area contributed by atoms with Gasteiger partial charge in [0.1, 0.15) is 5.75 Å². The summed E-state index contributed by atoms with van der Waals surface area (Å²) in [5, 5.41) is 6.43. The largest absolute Gasteiger partial charge is 0.491 e. The maximum absolute atomic E-state index is 11.2. The highest BCUT2D eigenvalue weighted by atomic mass is 16.5. The van der Waals surface area contributed by atoms with Gasteiger partial charge in [-0.25, -0.2) is 0 Å². The predicted octanol–water partition coefficient (Wildman–Crippen LogP) is 4.84. The lowest BCUT2D eigenvalue weighted by Gasteiger charge is -2.22. The lowest BCUT2D eigenvalue weighted by molar-refractivity contribution is -0.114. The van der Waals surface area contributed by atoms with Crippen LogP contribution in [0.4, 0.5) is 5.69 Å². The van der Waals surface area contributed by atoms with Gasteiger partial charge in [-0.3, -0.25) is 4.79 Å². The van der Waals surface area contributed by atoms with E-state index < -0.39 is 0 Å². The van der Waals surface area contributed by atoms with Crippen molar-refractivity contribution in [3.05, 3.63) is 59.7 Å². The fourth-order valence-corrected chi connectivity index (χ4v) is 2.79. The van der Waals surface area contributed by atoms with Gasteiger partial charge in [-0.2, -0.15) is 0 Å². The summed E-state index contributed by atoms with van der Waals surface area (Å²) in [7, 11) is 0. The van der Waals surface area contributed by atoms with Crippen LogP contribution in [-0.4, -0.2) is 12.0 Å². The van der Waals surface area contributed by atoms with Gasteiger partial charge in [0.2, 0.25) is 5.91 Å². The highest BCUT2D eigenvalue weighted by Crippen LogP contribution is 2.24. The summed E-state index contributed by atoms with van der Waals surface area (Å²) in [5.41, 5.74) is 3.13. The minimum absolute atomic E-state index is 0.0619. The van der Waals surface area contributed by atoms with Gasteiger partial charge in [-0.15, -0.1) is 0 Å². The highest BCUT2D eigenvalue weighted by Gasteiger charge is 2.13. The van der Waals surface area contributed by atoms with Crippen LogP contribution in [0.2, 0.25) is 0 Å². The molecular weight excluding hydrogens is 312 g/mol. The predicted molar refractivity (Wildman–Crippen MR) is 103 cm³/mol. The van der Waals surface area contributed by atoms with Gasteiger partial charge < -0.3 is 15.4 Å². The van der Waals surface area contributed by atoms with E-state index in [9.17, 15) is 4.79 Å². The Labute approximate surface area is 150 Å². The second-order valence-electron chi connectivity index (χ2n) is 6.66. The number of nitrogens with one attached hydrogen (secondary N) is 2. The normalized spacial score (nSPS) is 13.4. The average molecular weight is 340 g/mol. The summed E-state index contributed by atoms with van der Waals surface area (Å²) in [6.45, 7) is 9.83. The van der Waals surface area contributed by atoms with Gasteiger partial charge in [-0.1, -0.05) is 24.3 Å². The Morgan fingerprint density at radius 3 is 2.12 bits per heavy atom. The molecule has 4 heteroatoms. The summed E-state index contributed by atoms with van der Waals surface area (Å²) < 4.78 is 5.78. The molecule has 0 heterocycles. The van der Waals surface area contributed by atoms with E-state index in [1.807, 2.05) is 44.2 Å². The van der Waals surface area contributed by atoms with E-state index in [2.05, 4.69) is 42.7 Å². The first kappa shape index (κ1) is 19.0. The van der Waals surface area contributed by atoms with Crippen LogP contribution in [0.1, 0.15) is 57.8 Å². The van der Waals surface area contributed by atoms with E-state index in [0.717, 1.165) is 17.0 Å². The van der Waals surface area contributed by atoms with E-state index >= 15 is 0 Å². The molecule has 4 nitrogen and oxygen atoms in total. The molecule has 134 valence electrons. The van der Waals surface area contributed by atoms with Gasteiger partial charge in [0.25, 0.3) is 0 Å². The summed E-state index contributed by atoms with van der Waals surface area (Å²) >= 11 is 0. The topological polar surface area (TPSA) is 50.4 Å². The Morgan fingerprint density at radius 2 is 1.52 bits per heavy atom. The third-order valence-electron chi connectivity index (χ3n) is 3.94. The Kier molecular flexibility index (Phi) is 6.59. The number of amides is 1. The van der Waals surface area contributed by atoms with Crippen LogP contribution in [0, 0.1) is 0 Å². The molecule has 2 unspecified atom stereocenters. The molecule has 2 rings (SSSR count). The first-order chi connectivity index (χ1) is 11.8. The summed E-state index contributed by atoms with van der Waals surface area (Å²) in [6, 6.07) is 16.4. The van der Waals surface area contributed by atoms with Crippen LogP contribution in [0.5, 0.6) is 5.75 Å². The zero-order valence-corrected chi connectivity index (χ0v) is 15.7. The Bertz CT molecular complexity index is 713. The maximum Gasteiger partial charge on any atom is 0.221 e. The third kappa shape index (κ3) is 5.91. The van der Waals surface area contributed by atoms with Crippen molar-refractivity contribution >= 4 is 11.6 Å². The van der Waals surface area contributed by atoms with Crippen molar-refractivity contribution in [1.29, 1.82) is 0 Å². The van der Waals surface area contributed by atoms with E-state index in [4.69, 9.17) is 4.74 Å². The second kappa shape index (κ2) is 8.67. The number of anilines is 1. The van der Waals surface area contributed by atoms with Crippen LogP contribution < -0.4 is 15.4 Å². The molecule has 0 radical (unpaired) electrons. The van der Waals surface area contributed by atoms with E-state index in [1.54, 1.807) is 0 Å². The molecule has 0 aliphatic heterocycles. The van der Waals surface area contributed by atoms with Crippen molar-refractivity contribution in [1.82, 2.24) is 5.32 Å². The fraction of sp³-hybridized carbons (Fsp3) is 0.381. The van der Waals surface area contributed by atoms with Crippen LogP contribution in [0.25, 0.3) is 0 Å². The Morgan fingerprint density at radius 1 is 0.920 bits per heavy atom. The Balaban J connectivity index is 2.07. The van der Waals surface area contributed by atoms with Gasteiger partial charge in [0, 0.05) is 24.7 Å². The summed E-state index contributed by atoms with van der Waals surface area (Å²) in [4.78, 5) is 11.2. The fourth-order valence-electron chi connectivity index (χ4n) is 2.79. The number of benzene rings is 2. The monoisotopic (exact) mass is 340 g/mol. The first-order valence-electron chi connectivity index (χ1n) is 8.75. The Hall–Kier alpha value is -2.33. The molecule has 2 aromatic carbocycles. The van der Waals surface area contributed by atoms with Crippen molar-refractivity contribution in [2.24, 2.45) is 0 Å². The van der Waals surface area contributed by atoms with E-state index in [1.165, 1.54) is 12.5 Å². The molecule has 0 spiro atoms. The van der Waals surface area contributed by atoms with Crippen molar-refractivity contribution in [2.75, 3.05) is 5.32 Å². The van der Waals surface area contributed by atoms with Crippen LogP contribution in [0.15, 0.2) is 48.5 Å². The number of carbonyl (C=O) groups is 1. The molecular formula is C21H28N2O2. The molecule has 25 heavy (non-hydrogen) atoms. The molecule has 1 amide bonds. The first-order valence-corrected chi connectivity index (χ1v) is 8.75. The minimum Gasteiger partial charge on any atom is -0.491 e. The summed E-state index contributed by atoms with van der Waals surface area (Å²) in [5.74, 6) is 0.828. The number of carbonyl (C=O) groups excluding carboxylic acids is 1. The van der Waals surface area contributed by atoms with Crippen LogP contribution in [-0.2, 0) is 4.79 Å². The summed E-state index contributed by atoms with van der Waals surface area (Å²) in [6.07, 6.45) is 0.161. The van der Waals surface area contributed by atoms with Crippen molar-refractivity contribution in [2.45, 2.75) is 52.8 Å². The van der Waals surface area contributed by atoms with Gasteiger partial charge in [-0.05, 0) is 63.1 Å². The number of hydrogen-bond acceptors (Lipinski definition) is 3. The quantitative estimate of drug-likeness (QED) is 0.758. The zero-order valence-electron chi connectivity index (χ0n) is 15.7. The van der Waals surface area contributed by atoms with E-state index in [0.29, 0.717) is 0 Å². The number of ether oxygens (including phenoxy) is 1. The van der Waals surface area contributed by atoms with Crippen molar-refractivity contribution in [3.8, 4) is 5.75 Å². The van der Waals surface area contributed by atoms with Crippen molar-refractivity contribution in [3.63, 3.8) is 0 Å². The minimum atomic E-state index is -0.0619. The number of hydrogen-bond donors (Lipinski definition) is 2. The zero-order chi connectivity index (χ0) is 18.4. The molecule has 0 saturated carbocycles. The molecule has 0 bridgehead atoms. The van der Waals surface area contributed by atoms with Crippen molar-refractivity contribution < 1.29 is 9.53 Å². The lowest BCUT2D eigenvalue weighted by Crippen LogP contribution is -2.22. The van der Waals surface area contributed by atoms with Gasteiger partial charge in [0.15, 0.2) is 0 Å². The molecule has 2 aromatic rings. The smallest absolute Gasteiger partial charge is 0.221 e. The molecule has 0 aromatic heterocycles. The molecule has 0 fully saturated rings. The SMILES string of the molecule is CC(=O)Nc1cccc(C(C)NC(C)c2cccc(OC(C)C)c2)c1. The highest BCUT2D eigenvalue weighted by molar-refractivity contribution is 5.88. The van der Waals surface area contributed by atoms with Crippen LogP contribution >= 0.6 is 0 Å². The molecule has 0 saturated heterocycles. The molecule has 2 N–H and O–H groups in total. The number of rotatable bonds is 7. The third-order valence-corrected chi connectivity index (χ3v) is 3.94. The lowest BCUT2D eigenvalue weighted by atomic mass is 10.0. The van der Waals surface area contributed by atoms with Crippen LogP contribution in [0.3, 0.4) is 0 Å². The molecule has 0 aliphatic rings. The molecule has 2 atom stereocenters.